The van der Waals surface area contributed by atoms with E-state index >= 15 is 0 Å². The van der Waals surface area contributed by atoms with Crippen molar-refractivity contribution in [2.24, 2.45) is 17.8 Å². The molecule has 4 atom stereocenters. The zero-order valence-corrected chi connectivity index (χ0v) is 9.75. The van der Waals surface area contributed by atoms with Gasteiger partial charge < -0.3 is 0 Å². The van der Waals surface area contributed by atoms with Crippen LogP contribution in [-0.4, -0.2) is 22.7 Å². The van der Waals surface area contributed by atoms with E-state index in [4.69, 9.17) is 0 Å². The van der Waals surface area contributed by atoms with E-state index in [1.54, 1.807) is 0 Å². The fraction of sp³-hybridized carbons (Fsp3) is 0.467. The van der Waals surface area contributed by atoms with Crippen LogP contribution in [0.2, 0.25) is 0 Å². The molecule has 86 valence electrons. The van der Waals surface area contributed by atoms with Crippen LogP contribution in [0.5, 0.6) is 0 Å². The van der Waals surface area contributed by atoms with Gasteiger partial charge in [0.15, 0.2) is 12.3 Å². The molecule has 2 nitrogen and oxygen atoms in total. The van der Waals surface area contributed by atoms with E-state index in [-0.39, 0.29) is 0 Å². The third kappa shape index (κ3) is 1.21. The van der Waals surface area contributed by atoms with Crippen molar-refractivity contribution in [3.8, 4) is 0 Å². The molecular weight excluding hydrogens is 210 g/mol. The molecule has 4 rings (SSSR count). The van der Waals surface area contributed by atoms with Crippen LogP contribution in [0.25, 0.3) is 0 Å². The quantitative estimate of drug-likeness (QED) is 0.530. The van der Waals surface area contributed by atoms with Crippen molar-refractivity contribution in [1.29, 1.82) is 0 Å². The maximum absolute atomic E-state index is 12.1. The van der Waals surface area contributed by atoms with Gasteiger partial charge in [-0.1, -0.05) is 18.2 Å². The summed E-state index contributed by atoms with van der Waals surface area (Å²) in [6.45, 7) is 0. The van der Waals surface area contributed by atoms with Crippen molar-refractivity contribution in [3.05, 3.63) is 35.9 Å². The van der Waals surface area contributed by atoms with E-state index in [2.05, 4.69) is 12.1 Å². The molecule has 4 unspecified atom stereocenters. The molecule has 1 saturated heterocycles. The highest BCUT2D eigenvalue weighted by molar-refractivity contribution is 5.86. The van der Waals surface area contributed by atoms with Gasteiger partial charge in [0, 0.05) is 11.5 Å². The Bertz CT molecular complexity index is 505. The molecule has 1 aliphatic heterocycles. The highest BCUT2D eigenvalue weighted by atomic mass is 16.2. The minimum Gasteiger partial charge on any atom is -0.219 e. The fourth-order valence-electron chi connectivity index (χ4n) is 4.10. The Kier molecular flexibility index (Phi) is 1.85. The molecule has 3 aliphatic rings. The Morgan fingerprint density at radius 1 is 1.12 bits per heavy atom. The number of hydrogen-bond donors (Lipinski definition) is 0. The van der Waals surface area contributed by atoms with Gasteiger partial charge >= 0.3 is 5.91 Å². The molecule has 0 spiro atoms. The topological polar surface area (TPSA) is 20.1 Å². The Balaban J connectivity index is 1.68. The normalized spacial score (nSPS) is 40.5. The average Bonchev–Trinajstić information content (AvgIpc) is 2.95. The van der Waals surface area contributed by atoms with Crippen LogP contribution in [0.3, 0.4) is 0 Å². The number of fused-ring (bicyclic) bond motifs is 5. The molecule has 1 amide bonds. The van der Waals surface area contributed by atoms with Crippen molar-refractivity contribution in [2.75, 3.05) is 0 Å². The number of carbonyl (C=O) groups excluding carboxylic acids is 1. The molecule has 0 radical (unpaired) electrons. The first-order chi connectivity index (χ1) is 8.34. The van der Waals surface area contributed by atoms with Crippen LogP contribution >= 0.6 is 0 Å². The van der Waals surface area contributed by atoms with E-state index < -0.39 is 0 Å². The number of nitrogens with zero attached hydrogens (tertiary/aromatic N) is 1. The lowest BCUT2D eigenvalue weighted by Gasteiger charge is -2.33. The fourth-order valence-corrected chi connectivity index (χ4v) is 4.10. The second-order valence-electron chi connectivity index (χ2n) is 5.63. The van der Waals surface area contributed by atoms with Crippen LogP contribution in [0, 0.1) is 17.8 Å². The average molecular weight is 226 g/mol. The van der Waals surface area contributed by atoms with Gasteiger partial charge in [0.2, 0.25) is 0 Å². The van der Waals surface area contributed by atoms with Gasteiger partial charge in [-0.3, -0.25) is 0 Å². The highest BCUT2D eigenvalue weighted by Gasteiger charge is 2.67. The zero-order chi connectivity index (χ0) is 11.4. The number of β-lactam (4-membered cyclic amide) rings is 1. The number of benzene rings is 1. The Morgan fingerprint density at radius 2 is 1.88 bits per heavy atom. The lowest BCUT2D eigenvalue weighted by Crippen LogP contribution is -2.58. The van der Waals surface area contributed by atoms with Gasteiger partial charge in [-0.25, -0.2) is 4.79 Å². The number of hydrogen-bond acceptors (Lipinski definition) is 1. The van der Waals surface area contributed by atoms with Crippen molar-refractivity contribution < 1.29 is 9.37 Å². The third-order valence-electron chi connectivity index (χ3n) is 4.82. The molecule has 1 heterocycles. The molecular formula is C15H16NO+. The molecule has 0 aromatic heterocycles. The maximum Gasteiger partial charge on any atom is 0.397 e. The van der Waals surface area contributed by atoms with E-state index in [9.17, 15) is 4.79 Å². The second kappa shape index (κ2) is 3.28. The molecule has 1 aromatic rings. The summed E-state index contributed by atoms with van der Waals surface area (Å²) in [4.78, 5) is 12.1. The monoisotopic (exact) mass is 226 g/mol. The zero-order valence-electron chi connectivity index (χ0n) is 9.75. The first-order valence-electron chi connectivity index (χ1n) is 6.57. The number of amides is 1. The van der Waals surface area contributed by atoms with Gasteiger partial charge in [-0.2, -0.15) is 4.58 Å². The SMILES string of the molecule is O=C1C2C3CCC(C3)C2[N+]1=Cc1ccccc1. The molecule has 2 aliphatic carbocycles. The van der Waals surface area contributed by atoms with Crippen LogP contribution in [0.15, 0.2) is 30.3 Å². The first-order valence-corrected chi connectivity index (χ1v) is 6.57. The summed E-state index contributed by atoms with van der Waals surface area (Å²) < 4.78 is 2.00. The summed E-state index contributed by atoms with van der Waals surface area (Å²) in [6, 6.07) is 10.7. The maximum atomic E-state index is 12.1. The van der Waals surface area contributed by atoms with E-state index in [1.165, 1.54) is 19.3 Å². The van der Waals surface area contributed by atoms with E-state index in [1.807, 2.05) is 29.0 Å². The molecule has 2 saturated carbocycles. The number of carbonyl (C=O) groups is 1. The summed E-state index contributed by atoms with van der Waals surface area (Å²) in [5.74, 6) is 2.22. The third-order valence-corrected chi connectivity index (χ3v) is 4.82. The van der Waals surface area contributed by atoms with Gasteiger partial charge in [-0.15, -0.1) is 0 Å². The van der Waals surface area contributed by atoms with Crippen molar-refractivity contribution in [3.63, 3.8) is 0 Å². The lowest BCUT2D eigenvalue weighted by molar-refractivity contribution is -0.552. The van der Waals surface area contributed by atoms with Gasteiger partial charge in [0.05, 0.1) is 0 Å². The minimum atomic E-state index is 0.367. The van der Waals surface area contributed by atoms with Crippen LogP contribution in [0.1, 0.15) is 24.8 Å². The molecule has 0 N–H and O–H groups in total. The number of rotatable bonds is 1. The molecule has 3 fully saturated rings. The summed E-state index contributed by atoms with van der Waals surface area (Å²) in [6.07, 6.45) is 5.96. The molecule has 1 aromatic carbocycles. The molecule has 2 heteroatoms. The first kappa shape index (κ1) is 9.58. The predicted octanol–water partition coefficient (Wildman–Crippen LogP) is 2.07. The van der Waals surface area contributed by atoms with Crippen LogP contribution in [0.4, 0.5) is 0 Å². The predicted molar refractivity (Wildman–Crippen MR) is 65.0 cm³/mol. The van der Waals surface area contributed by atoms with Crippen LogP contribution < -0.4 is 0 Å². The van der Waals surface area contributed by atoms with Crippen molar-refractivity contribution in [1.82, 2.24) is 0 Å². The Labute approximate surface area is 101 Å². The summed E-state index contributed by atoms with van der Waals surface area (Å²) in [7, 11) is 0. The summed E-state index contributed by atoms with van der Waals surface area (Å²) >= 11 is 0. The van der Waals surface area contributed by atoms with Crippen molar-refractivity contribution >= 4 is 12.1 Å². The van der Waals surface area contributed by atoms with E-state index in [0.29, 0.717) is 23.8 Å². The highest BCUT2D eigenvalue weighted by Crippen LogP contribution is 2.54. The Hall–Kier alpha value is -1.44. The van der Waals surface area contributed by atoms with E-state index in [0.717, 1.165) is 11.5 Å². The van der Waals surface area contributed by atoms with Gasteiger partial charge in [-0.05, 0) is 37.3 Å². The Morgan fingerprint density at radius 3 is 2.71 bits per heavy atom. The van der Waals surface area contributed by atoms with Gasteiger partial charge in [0.25, 0.3) is 0 Å². The molecule has 17 heavy (non-hydrogen) atoms. The van der Waals surface area contributed by atoms with Gasteiger partial charge in [0.1, 0.15) is 5.92 Å². The largest absolute Gasteiger partial charge is 0.397 e. The molecule has 2 bridgehead atoms. The van der Waals surface area contributed by atoms with Crippen LogP contribution in [-0.2, 0) is 4.79 Å². The minimum absolute atomic E-state index is 0.367. The standard InChI is InChI=1S/C15H16NO/c17-15-13-11-6-7-12(8-11)14(13)16(15)9-10-4-2-1-3-5-10/h1-5,9,11-14H,6-8H2/q+1. The lowest BCUT2D eigenvalue weighted by atomic mass is 9.77. The van der Waals surface area contributed by atoms with Crippen molar-refractivity contribution in [2.45, 2.75) is 25.3 Å². The summed E-state index contributed by atoms with van der Waals surface area (Å²) in [5, 5.41) is 0. The summed E-state index contributed by atoms with van der Waals surface area (Å²) in [5.41, 5.74) is 1.14. The smallest absolute Gasteiger partial charge is 0.219 e. The second-order valence-corrected chi connectivity index (χ2v) is 5.63.